The van der Waals surface area contributed by atoms with E-state index in [4.69, 9.17) is 22.1 Å². The first-order valence-corrected chi connectivity index (χ1v) is 11.5. The maximum absolute atomic E-state index is 11.1. The third kappa shape index (κ3) is 2.17. The van der Waals surface area contributed by atoms with Crippen LogP contribution in [-0.2, 0) is 25.6 Å². The molecule has 92 valence electrons. The van der Waals surface area contributed by atoms with E-state index in [1.165, 1.54) is 0 Å². The molecule has 1 saturated heterocycles. The Morgan fingerprint density at radius 1 is 1.59 bits per heavy atom. The van der Waals surface area contributed by atoms with Crippen molar-refractivity contribution in [3.8, 4) is 0 Å². The number of rotatable bonds is 1. The van der Waals surface area contributed by atoms with Gasteiger partial charge in [0.1, 0.15) is 0 Å². The SMILES string of the molecule is O=C(O)C1(O)C2=CC2=C2CCCNC21.[Cl][Zr][Cl]. The van der Waals surface area contributed by atoms with Gasteiger partial charge in [-0.1, -0.05) is 0 Å². The molecule has 1 heterocycles. The number of aliphatic carboxylic acids is 1. The van der Waals surface area contributed by atoms with Crippen LogP contribution in [0.1, 0.15) is 12.8 Å². The maximum atomic E-state index is 11.1. The Labute approximate surface area is 117 Å². The molecule has 1 fully saturated rings. The monoisotopic (exact) mass is 353 g/mol. The van der Waals surface area contributed by atoms with Gasteiger partial charge in [0.2, 0.25) is 5.60 Å². The van der Waals surface area contributed by atoms with Gasteiger partial charge in [-0.25, -0.2) is 4.79 Å². The second kappa shape index (κ2) is 5.14. The van der Waals surface area contributed by atoms with Crippen molar-refractivity contribution < 1.29 is 35.9 Å². The number of aliphatic hydroxyl groups is 1. The molecule has 2 atom stereocenters. The average molecular weight is 355 g/mol. The van der Waals surface area contributed by atoms with E-state index in [1.807, 2.05) is 0 Å². The number of nitrogens with one attached hydrogen (secondary N) is 1. The molecule has 0 radical (unpaired) electrons. The van der Waals surface area contributed by atoms with Crippen LogP contribution in [0, 0.1) is 0 Å². The molecule has 0 aromatic rings. The van der Waals surface area contributed by atoms with E-state index in [2.05, 4.69) is 5.32 Å². The van der Waals surface area contributed by atoms with Crippen molar-refractivity contribution in [3.63, 3.8) is 0 Å². The number of halogens is 2. The molecule has 0 bridgehead atoms. The van der Waals surface area contributed by atoms with Crippen LogP contribution in [0.5, 0.6) is 0 Å². The molecule has 2 aliphatic carbocycles. The second-order valence-corrected chi connectivity index (χ2v) is 7.86. The number of carbonyl (C=O) groups is 1. The first-order chi connectivity index (χ1) is 8.07. The Hall–Kier alpha value is 0.333. The van der Waals surface area contributed by atoms with E-state index in [0.717, 1.165) is 30.5 Å². The Morgan fingerprint density at radius 3 is 2.82 bits per heavy atom. The topological polar surface area (TPSA) is 69.6 Å². The van der Waals surface area contributed by atoms with Crippen molar-refractivity contribution in [1.29, 1.82) is 0 Å². The van der Waals surface area contributed by atoms with Crippen LogP contribution >= 0.6 is 17.0 Å². The number of fused-ring (bicyclic) bond motifs is 2. The van der Waals surface area contributed by atoms with E-state index in [1.54, 1.807) is 6.08 Å². The van der Waals surface area contributed by atoms with Crippen molar-refractivity contribution in [1.82, 2.24) is 5.32 Å². The van der Waals surface area contributed by atoms with Gasteiger partial charge in [-0.2, -0.15) is 0 Å². The van der Waals surface area contributed by atoms with Crippen molar-refractivity contribution in [2.75, 3.05) is 6.54 Å². The minimum absolute atomic E-state index is 0.385. The summed E-state index contributed by atoms with van der Waals surface area (Å²) in [6.07, 6.45) is 3.71. The average Bonchev–Trinajstić information content (AvgIpc) is 3.05. The quantitative estimate of drug-likeness (QED) is 0.661. The van der Waals surface area contributed by atoms with Gasteiger partial charge >= 0.3 is 43.8 Å². The molecule has 1 aliphatic heterocycles. The molecule has 4 nitrogen and oxygen atoms in total. The van der Waals surface area contributed by atoms with Crippen LogP contribution in [0.4, 0.5) is 0 Å². The minimum atomic E-state index is -1.69. The standard InChI is InChI=1S/C10H11NO3.2ClH.Zr/c12-9(13)10(14)7-4-6(7)5-2-1-3-11-8(5)10;;;/h4,8,11,14H,1-3H2,(H,12,13);2*1H;/q;;;+2/p-2. The summed E-state index contributed by atoms with van der Waals surface area (Å²) in [5.41, 5.74) is 0.994. The fraction of sp³-hybridized carbons (Fsp3) is 0.500. The summed E-state index contributed by atoms with van der Waals surface area (Å²) in [7, 11) is 9.87. The van der Waals surface area contributed by atoms with E-state index >= 15 is 0 Å². The normalized spacial score (nSPS) is 32.9. The van der Waals surface area contributed by atoms with Crippen molar-refractivity contribution in [2.45, 2.75) is 24.5 Å². The molecular weight excluding hydrogens is 344 g/mol. The molecule has 0 spiro atoms. The summed E-state index contributed by atoms with van der Waals surface area (Å²) in [5, 5.41) is 22.2. The summed E-state index contributed by atoms with van der Waals surface area (Å²) in [6.45, 7) is 0.782. The Balaban J connectivity index is 0.000000329. The third-order valence-electron chi connectivity index (χ3n) is 3.32. The molecule has 3 N–H and O–H groups in total. The van der Waals surface area contributed by atoms with E-state index in [9.17, 15) is 9.90 Å². The second-order valence-electron chi connectivity index (χ2n) is 4.13. The molecule has 2 unspecified atom stereocenters. The molecule has 17 heavy (non-hydrogen) atoms. The van der Waals surface area contributed by atoms with Crippen LogP contribution in [-0.4, -0.2) is 34.4 Å². The van der Waals surface area contributed by atoms with Crippen LogP contribution in [0.25, 0.3) is 0 Å². The predicted molar refractivity (Wildman–Crippen MR) is 60.4 cm³/mol. The first kappa shape index (κ1) is 13.8. The van der Waals surface area contributed by atoms with Crippen molar-refractivity contribution >= 4 is 23.0 Å². The Bertz CT molecular complexity index is 424. The van der Waals surface area contributed by atoms with Crippen molar-refractivity contribution in [2.24, 2.45) is 0 Å². The number of allylic oxidation sites excluding steroid dienone is 1. The van der Waals surface area contributed by atoms with Gasteiger partial charge in [-0.05, 0) is 36.6 Å². The van der Waals surface area contributed by atoms with Gasteiger partial charge in [0.15, 0.2) is 0 Å². The van der Waals surface area contributed by atoms with E-state index in [-0.39, 0.29) is 6.04 Å². The van der Waals surface area contributed by atoms with Crippen LogP contribution in [0.2, 0.25) is 0 Å². The van der Waals surface area contributed by atoms with Crippen molar-refractivity contribution in [3.05, 3.63) is 22.8 Å². The van der Waals surface area contributed by atoms with Gasteiger partial charge in [0.25, 0.3) is 0 Å². The molecule has 7 heteroatoms. The Morgan fingerprint density at radius 2 is 2.24 bits per heavy atom. The summed E-state index contributed by atoms with van der Waals surface area (Å²) in [4.78, 5) is 11.1. The number of carboxylic acid groups (broad SMARTS) is 1. The van der Waals surface area contributed by atoms with E-state index < -0.39 is 32.4 Å². The Kier molecular flexibility index (Phi) is 4.16. The third-order valence-corrected chi connectivity index (χ3v) is 3.32. The van der Waals surface area contributed by atoms with E-state index in [0.29, 0.717) is 5.57 Å². The fourth-order valence-corrected chi connectivity index (χ4v) is 2.57. The number of hydrogen-bond acceptors (Lipinski definition) is 3. The van der Waals surface area contributed by atoms with Gasteiger partial charge < -0.3 is 15.5 Å². The molecule has 0 saturated carbocycles. The summed E-state index contributed by atoms with van der Waals surface area (Å²) in [5.74, 6) is -1.15. The molecule has 0 amide bonds. The fourth-order valence-electron chi connectivity index (χ4n) is 2.57. The first-order valence-electron chi connectivity index (χ1n) is 5.18. The number of carboxylic acids is 1. The molecule has 3 aliphatic rings. The van der Waals surface area contributed by atoms with Gasteiger partial charge in [0, 0.05) is 5.57 Å². The van der Waals surface area contributed by atoms with Gasteiger partial charge in [-0.15, -0.1) is 0 Å². The number of piperidine rings is 1. The molecule has 3 rings (SSSR count). The van der Waals surface area contributed by atoms with Crippen LogP contribution in [0.15, 0.2) is 22.8 Å². The summed E-state index contributed by atoms with van der Waals surface area (Å²) < 4.78 is 0. The summed E-state index contributed by atoms with van der Waals surface area (Å²) in [6, 6.07) is -0.385. The zero-order valence-electron chi connectivity index (χ0n) is 8.83. The number of hydrogen-bond donors (Lipinski definition) is 3. The van der Waals surface area contributed by atoms with Crippen LogP contribution < -0.4 is 5.32 Å². The van der Waals surface area contributed by atoms with Gasteiger partial charge in [0.05, 0.1) is 6.04 Å². The molecule has 0 aromatic carbocycles. The molecular formula is C10H11Cl2NO3Zr. The molecule has 0 aromatic heterocycles. The zero-order valence-corrected chi connectivity index (χ0v) is 12.8. The predicted octanol–water partition coefficient (Wildman–Crippen LogP) is 1.18. The summed E-state index contributed by atoms with van der Waals surface area (Å²) >= 11 is -0.826. The van der Waals surface area contributed by atoms with Crippen LogP contribution in [0.3, 0.4) is 0 Å². The van der Waals surface area contributed by atoms with Gasteiger partial charge in [-0.3, -0.25) is 0 Å². The zero-order chi connectivity index (χ0) is 12.6.